The van der Waals surface area contributed by atoms with Crippen LogP contribution in [0.1, 0.15) is 22.3 Å². The van der Waals surface area contributed by atoms with Crippen molar-refractivity contribution in [3.8, 4) is 11.5 Å². The first-order valence-corrected chi connectivity index (χ1v) is 10.1. The zero-order valence-electron chi connectivity index (χ0n) is 16.6. The van der Waals surface area contributed by atoms with Gasteiger partial charge in [-0.15, -0.1) is 11.3 Å². The summed E-state index contributed by atoms with van der Waals surface area (Å²) >= 11 is 1.59. The number of methoxy groups -OCH3 is 2. The predicted octanol–water partition coefficient (Wildman–Crippen LogP) is 3.25. The van der Waals surface area contributed by atoms with E-state index in [0.29, 0.717) is 17.1 Å². The molecule has 1 heterocycles. The first kappa shape index (κ1) is 21.5. The zero-order valence-corrected chi connectivity index (χ0v) is 17.4. The molecule has 1 aromatic heterocycles. The molecule has 0 saturated heterocycles. The Labute approximate surface area is 177 Å². The molecule has 2 N–H and O–H groups in total. The third-order valence-corrected chi connectivity index (χ3v) is 5.60. The number of nitrogens with zero attached hydrogens (tertiary/aromatic N) is 1. The van der Waals surface area contributed by atoms with Crippen molar-refractivity contribution in [3.63, 3.8) is 0 Å². The van der Waals surface area contributed by atoms with Gasteiger partial charge in [-0.3, -0.25) is 9.59 Å². The molecule has 3 rings (SSSR count). The molecule has 0 saturated carbocycles. The minimum absolute atomic E-state index is 0.158. The molecule has 0 aliphatic rings. The van der Waals surface area contributed by atoms with Crippen LogP contribution in [0.2, 0.25) is 0 Å². The minimum atomic E-state index is -0.915. The summed E-state index contributed by atoms with van der Waals surface area (Å²) in [6.45, 7) is -0.470. The summed E-state index contributed by atoms with van der Waals surface area (Å²) < 4.78 is 11.5. The van der Waals surface area contributed by atoms with Crippen LogP contribution in [0.5, 0.6) is 11.5 Å². The number of thiophene rings is 1. The highest BCUT2D eigenvalue weighted by Crippen LogP contribution is 2.28. The molecule has 0 spiro atoms. The summed E-state index contributed by atoms with van der Waals surface area (Å²) in [5, 5.41) is 16.6. The number of benzene rings is 2. The van der Waals surface area contributed by atoms with Gasteiger partial charge in [-0.05, 0) is 24.3 Å². The maximum Gasteiger partial charge on any atom is 0.245 e. The van der Waals surface area contributed by atoms with Crippen molar-refractivity contribution >= 4 is 39.3 Å². The Morgan fingerprint density at radius 2 is 1.93 bits per heavy atom. The van der Waals surface area contributed by atoms with E-state index < -0.39 is 18.4 Å². The molecular weight excluding hydrogens is 404 g/mol. The number of amides is 1. The molecule has 0 aliphatic carbocycles. The van der Waals surface area contributed by atoms with Gasteiger partial charge in [-0.1, -0.05) is 18.2 Å². The van der Waals surface area contributed by atoms with E-state index in [1.54, 1.807) is 35.8 Å². The van der Waals surface area contributed by atoms with E-state index in [-0.39, 0.29) is 12.2 Å². The average molecular weight is 426 g/mol. The Kier molecular flexibility index (Phi) is 7.16. The molecular formula is C22H22N2O5S. The highest BCUT2D eigenvalue weighted by molar-refractivity contribution is 7.17. The van der Waals surface area contributed by atoms with Crippen LogP contribution >= 0.6 is 11.3 Å². The SMILES string of the molecule is COc1ccc(C(=O)C[C@@H](CO)C(=O)N/N=C/c2csc3ccccc23)cc1OC. The molecule has 2 aromatic carbocycles. The number of aliphatic hydroxyl groups excluding tert-OH is 1. The van der Waals surface area contributed by atoms with Gasteiger partial charge in [0.25, 0.3) is 0 Å². The minimum Gasteiger partial charge on any atom is -0.493 e. The van der Waals surface area contributed by atoms with Crippen LogP contribution in [-0.2, 0) is 4.79 Å². The number of aliphatic hydroxyl groups is 1. The lowest BCUT2D eigenvalue weighted by molar-refractivity contribution is -0.126. The second-order valence-corrected chi connectivity index (χ2v) is 7.41. The van der Waals surface area contributed by atoms with Gasteiger partial charge in [0.15, 0.2) is 17.3 Å². The van der Waals surface area contributed by atoms with Crippen LogP contribution in [0.15, 0.2) is 52.9 Å². The lowest BCUT2D eigenvalue weighted by atomic mass is 9.98. The van der Waals surface area contributed by atoms with Crippen molar-refractivity contribution in [1.82, 2.24) is 5.43 Å². The van der Waals surface area contributed by atoms with Crippen LogP contribution in [0, 0.1) is 5.92 Å². The van der Waals surface area contributed by atoms with Gasteiger partial charge in [0.05, 0.1) is 33.0 Å². The van der Waals surface area contributed by atoms with Crippen molar-refractivity contribution < 1.29 is 24.2 Å². The van der Waals surface area contributed by atoms with Crippen LogP contribution < -0.4 is 14.9 Å². The Hall–Kier alpha value is -3.23. The second-order valence-electron chi connectivity index (χ2n) is 6.50. The van der Waals surface area contributed by atoms with E-state index in [2.05, 4.69) is 10.5 Å². The van der Waals surface area contributed by atoms with Crippen LogP contribution in [0.3, 0.4) is 0 Å². The third-order valence-electron chi connectivity index (χ3n) is 4.62. The standard InChI is InChI=1S/C22H22N2O5S/c1-28-19-8-7-14(10-20(19)29-2)18(26)9-15(12-25)22(27)24-23-11-16-13-30-21-6-4-3-5-17(16)21/h3-8,10-11,13,15,25H,9,12H2,1-2H3,(H,24,27)/b23-11+/t15-/m0/s1. The normalized spacial score (nSPS) is 12.1. The molecule has 0 bridgehead atoms. The monoisotopic (exact) mass is 426 g/mol. The van der Waals surface area contributed by atoms with Gasteiger partial charge in [0, 0.05) is 33.0 Å². The predicted molar refractivity (Wildman–Crippen MR) is 117 cm³/mol. The van der Waals surface area contributed by atoms with E-state index in [4.69, 9.17) is 9.47 Å². The number of nitrogens with one attached hydrogen (secondary N) is 1. The van der Waals surface area contributed by atoms with Gasteiger partial charge in [-0.25, -0.2) is 5.43 Å². The van der Waals surface area contributed by atoms with Gasteiger partial charge in [-0.2, -0.15) is 5.10 Å². The average Bonchev–Trinajstić information content (AvgIpc) is 3.19. The highest BCUT2D eigenvalue weighted by Gasteiger charge is 2.22. The largest absolute Gasteiger partial charge is 0.493 e. The van der Waals surface area contributed by atoms with Crippen molar-refractivity contribution in [2.45, 2.75) is 6.42 Å². The molecule has 0 aliphatic heterocycles. The Morgan fingerprint density at radius 1 is 1.17 bits per heavy atom. The molecule has 0 radical (unpaired) electrons. The van der Waals surface area contributed by atoms with E-state index in [9.17, 15) is 14.7 Å². The van der Waals surface area contributed by atoms with Crippen LogP contribution in [0.25, 0.3) is 10.1 Å². The summed E-state index contributed by atoms with van der Waals surface area (Å²) in [4.78, 5) is 24.9. The van der Waals surface area contributed by atoms with Crippen molar-refractivity contribution in [1.29, 1.82) is 0 Å². The van der Waals surface area contributed by atoms with E-state index in [1.807, 2.05) is 29.6 Å². The summed E-state index contributed by atoms with van der Waals surface area (Å²) in [7, 11) is 2.98. The zero-order chi connectivity index (χ0) is 21.5. The Bertz CT molecular complexity index is 1080. The quantitative estimate of drug-likeness (QED) is 0.311. The van der Waals surface area contributed by atoms with Gasteiger partial charge < -0.3 is 14.6 Å². The van der Waals surface area contributed by atoms with Crippen molar-refractivity contribution in [2.24, 2.45) is 11.0 Å². The lowest BCUT2D eigenvalue weighted by Gasteiger charge is -2.13. The molecule has 0 unspecified atom stereocenters. The van der Waals surface area contributed by atoms with Crippen molar-refractivity contribution in [3.05, 3.63) is 59.0 Å². The Balaban J connectivity index is 1.64. The van der Waals surface area contributed by atoms with E-state index >= 15 is 0 Å². The molecule has 1 amide bonds. The van der Waals surface area contributed by atoms with E-state index in [1.165, 1.54) is 14.2 Å². The maximum absolute atomic E-state index is 12.6. The molecule has 1 atom stereocenters. The molecule has 3 aromatic rings. The number of ketones is 1. The number of ether oxygens (including phenoxy) is 2. The summed E-state index contributed by atoms with van der Waals surface area (Å²) in [5.41, 5.74) is 3.67. The number of hydrogen-bond donors (Lipinski definition) is 2. The molecule has 30 heavy (non-hydrogen) atoms. The van der Waals surface area contributed by atoms with Crippen LogP contribution in [-0.4, -0.2) is 43.8 Å². The fourth-order valence-electron chi connectivity index (χ4n) is 2.95. The first-order valence-electron chi connectivity index (χ1n) is 9.22. The number of hydrogen-bond acceptors (Lipinski definition) is 7. The maximum atomic E-state index is 12.6. The lowest BCUT2D eigenvalue weighted by Crippen LogP contribution is -2.31. The van der Waals surface area contributed by atoms with E-state index in [0.717, 1.165) is 15.6 Å². The summed E-state index contributed by atoms with van der Waals surface area (Å²) in [6.07, 6.45) is 1.40. The number of Topliss-reactive ketones (excluding diaryl/α,β-unsaturated/α-hetero) is 1. The first-order chi connectivity index (χ1) is 14.6. The fraction of sp³-hybridized carbons (Fsp3) is 0.227. The fourth-order valence-corrected chi connectivity index (χ4v) is 3.86. The number of carbonyl (C=O) groups excluding carboxylic acids is 2. The molecule has 156 valence electrons. The summed E-state index contributed by atoms with van der Waals surface area (Å²) in [6, 6.07) is 12.7. The van der Waals surface area contributed by atoms with Crippen molar-refractivity contribution in [2.75, 3.05) is 20.8 Å². The smallest absolute Gasteiger partial charge is 0.245 e. The number of carbonyl (C=O) groups is 2. The number of fused-ring (bicyclic) bond motifs is 1. The summed E-state index contributed by atoms with van der Waals surface area (Å²) in [5.74, 6) is -0.816. The van der Waals surface area contributed by atoms with Gasteiger partial charge in [0.1, 0.15) is 0 Å². The number of rotatable bonds is 9. The van der Waals surface area contributed by atoms with Crippen LogP contribution in [0.4, 0.5) is 0 Å². The third kappa shape index (κ3) is 4.84. The number of hydrazone groups is 1. The highest BCUT2D eigenvalue weighted by atomic mass is 32.1. The van der Waals surface area contributed by atoms with Gasteiger partial charge >= 0.3 is 0 Å². The molecule has 7 nitrogen and oxygen atoms in total. The molecule has 0 fully saturated rings. The topological polar surface area (TPSA) is 97.2 Å². The second kappa shape index (κ2) is 10.00. The Morgan fingerprint density at radius 3 is 2.67 bits per heavy atom. The molecule has 8 heteroatoms. The van der Waals surface area contributed by atoms with Gasteiger partial charge in [0.2, 0.25) is 5.91 Å².